The van der Waals surface area contributed by atoms with Gasteiger partial charge in [-0.25, -0.2) is 0 Å². The van der Waals surface area contributed by atoms with E-state index in [1.165, 1.54) is 9.79 Å². The molecule has 2 heterocycles. The topological polar surface area (TPSA) is 43.5 Å². The van der Waals surface area contributed by atoms with Crippen LogP contribution in [0.5, 0.6) is 11.5 Å². The van der Waals surface area contributed by atoms with Gasteiger partial charge in [-0.2, -0.15) is 0 Å². The lowest BCUT2D eigenvalue weighted by molar-refractivity contribution is 0.261. The van der Waals surface area contributed by atoms with Gasteiger partial charge in [-0.3, -0.25) is 0 Å². The average Bonchev–Trinajstić information content (AvgIpc) is 3.48. The number of hydrogen-bond donors (Lipinski definition) is 0. The fourth-order valence-electron chi connectivity index (χ4n) is 2.52. The van der Waals surface area contributed by atoms with Crippen LogP contribution < -0.4 is 9.47 Å². The molecule has 2 aliphatic heterocycles. The third-order valence-electron chi connectivity index (χ3n) is 4.18. The molecule has 5 heteroatoms. The fraction of sp³-hybridized carbons (Fsp3) is 0.400. The van der Waals surface area contributed by atoms with Crippen molar-refractivity contribution in [3.05, 3.63) is 47.5 Å². The summed E-state index contributed by atoms with van der Waals surface area (Å²) in [5.74, 6) is 1.86. The number of epoxide rings is 2. The zero-order chi connectivity index (χ0) is 17.2. The maximum Gasteiger partial charge on any atom is 0.122 e. The van der Waals surface area contributed by atoms with Gasteiger partial charge >= 0.3 is 0 Å². The van der Waals surface area contributed by atoms with Gasteiger partial charge in [0.1, 0.15) is 36.9 Å². The van der Waals surface area contributed by atoms with Crippen LogP contribution in [-0.2, 0) is 9.47 Å². The zero-order valence-electron chi connectivity index (χ0n) is 14.5. The molecular formula is C20H22O4S. The van der Waals surface area contributed by atoms with Crippen molar-refractivity contribution in [2.24, 2.45) is 0 Å². The van der Waals surface area contributed by atoms with Crippen LogP contribution in [0.25, 0.3) is 0 Å². The van der Waals surface area contributed by atoms with Crippen LogP contribution in [0.15, 0.2) is 46.2 Å². The predicted molar refractivity (Wildman–Crippen MR) is 97.0 cm³/mol. The van der Waals surface area contributed by atoms with E-state index in [-0.39, 0.29) is 12.2 Å². The van der Waals surface area contributed by atoms with Crippen LogP contribution in [0.3, 0.4) is 0 Å². The van der Waals surface area contributed by atoms with E-state index in [1.807, 2.05) is 12.1 Å². The average molecular weight is 358 g/mol. The largest absolute Gasteiger partial charge is 0.491 e. The van der Waals surface area contributed by atoms with Crippen molar-refractivity contribution in [1.29, 1.82) is 0 Å². The molecule has 0 saturated carbocycles. The first kappa shape index (κ1) is 16.8. The van der Waals surface area contributed by atoms with Gasteiger partial charge in [-0.1, -0.05) is 11.8 Å². The molecule has 132 valence electrons. The molecule has 0 aliphatic carbocycles. The summed E-state index contributed by atoms with van der Waals surface area (Å²) in [5.41, 5.74) is 2.29. The number of hydrogen-bond acceptors (Lipinski definition) is 5. The van der Waals surface area contributed by atoms with Crippen LogP contribution in [0.1, 0.15) is 11.1 Å². The third-order valence-corrected chi connectivity index (χ3v) is 5.16. The second kappa shape index (κ2) is 7.28. The second-order valence-electron chi connectivity index (χ2n) is 6.49. The normalized spacial score (nSPS) is 21.0. The van der Waals surface area contributed by atoms with Crippen LogP contribution in [0.2, 0.25) is 0 Å². The maximum absolute atomic E-state index is 5.79. The molecule has 0 spiro atoms. The molecule has 4 rings (SSSR count). The molecule has 2 atom stereocenters. The van der Waals surface area contributed by atoms with Crippen molar-refractivity contribution in [2.75, 3.05) is 26.4 Å². The van der Waals surface area contributed by atoms with Crippen molar-refractivity contribution >= 4 is 11.8 Å². The molecule has 2 unspecified atom stereocenters. The Morgan fingerprint density at radius 1 is 0.840 bits per heavy atom. The molecule has 25 heavy (non-hydrogen) atoms. The van der Waals surface area contributed by atoms with E-state index in [1.54, 1.807) is 11.8 Å². The highest BCUT2D eigenvalue weighted by atomic mass is 32.2. The Bertz CT molecular complexity index is 690. The number of aryl methyl sites for hydroxylation is 2. The number of rotatable bonds is 8. The van der Waals surface area contributed by atoms with Crippen molar-refractivity contribution in [3.8, 4) is 11.5 Å². The fourth-order valence-corrected chi connectivity index (χ4v) is 3.54. The molecule has 2 fully saturated rings. The summed E-state index contributed by atoms with van der Waals surface area (Å²) >= 11 is 1.75. The van der Waals surface area contributed by atoms with Crippen LogP contribution >= 0.6 is 11.8 Å². The van der Waals surface area contributed by atoms with Gasteiger partial charge in [0, 0.05) is 9.79 Å². The Morgan fingerprint density at radius 3 is 1.64 bits per heavy atom. The smallest absolute Gasteiger partial charge is 0.122 e. The van der Waals surface area contributed by atoms with E-state index < -0.39 is 0 Å². The van der Waals surface area contributed by atoms with Gasteiger partial charge < -0.3 is 18.9 Å². The molecule has 2 saturated heterocycles. The van der Waals surface area contributed by atoms with Gasteiger partial charge in [0.2, 0.25) is 0 Å². The summed E-state index contributed by atoms with van der Waals surface area (Å²) in [6.07, 6.45) is 0.562. The molecule has 0 N–H and O–H groups in total. The standard InChI is InChI=1S/C20H22O4S/c1-13-7-17(3-5-19(13)23-11-15-9-21-15)25-18-4-6-20(14(2)8-18)24-12-16-10-22-16/h3-8,15-16H,9-12H2,1-2H3. The lowest BCUT2D eigenvalue weighted by Crippen LogP contribution is -2.05. The SMILES string of the molecule is Cc1cc(Sc2ccc(OCC3CO3)c(C)c2)ccc1OCC1CO1. The van der Waals surface area contributed by atoms with E-state index in [0.29, 0.717) is 13.2 Å². The molecule has 0 bridgehead atoms. The Hall–Kier alpha value is -1.69. The minimum atomic E-state index is 0.281. The Labute approximate surface area is 152 Å². The first-order valence-corrected chi connectivity index (χ1v) is 9.37. The predicted octanol–water partition coefficient (Wildman–Crippen LogP) is 4.01. The Morgan fingerprint density at radius 2 is 1.28 bits per heavy atom. The molecule has 0 aromatic heterocycles. The molecule has 2 aromatic rings. The van der Waals surface area contributed by atoms with Crippen molar-refractivity contribution in [1.82, 2.24) is 0 Å². The van der Waals surface area contributed by atoms with E-state index in [0.717, 1.165) is 35.8 Å². The van der Waals surface area contributed by atoms with E-state index in [9.17, 15) is 0 Å². The third kappa shape index (κ3) is 4.69. The zero-order valence-corrected chi connectivity index (χ0v) is 15.3. The molecule has 4 nitrogen and oxygen atoms in total. The van der Waals surface area contributed by atoms with Gasteiger partial charge in [0.05, 0.1) is 13.2 Å². The number of benzene rings is 2. The van der Waals surface area contributed by atoms with Gasteiger partial charge in [-0.15, -0.1) is 0 Å². The molecule has 0 radical (unpaired) electrons. The Kier molecular flexibility index (Phi) is 4.88. The van der Waals surface area contributed by atoms with Gasteiger partial charge in [-0.05, 0) is 61.4 Å². The minimum Gasteiger partial charge on any atom is -0.491 e. The first-order chi connectivity index (χ1) is 12.2. The second-order valence-corrected chi connectivity index (χ2v) is 7.64. The summed E-state index contributed by atoms with van der Waals surface area (Å²) in [4.78, 5) is 2.40. The molecule has 2 aliphatic rings. The van der Waals surface area contributed by atoms with E-state index in [2.05, 4.69) is 38.1 Å². The van der Waals surface area contributed by atoms with E-state index in [4.69, 9.17) is 18.9 Å². The van der Waals surface area contributed by atoms with Crippen LogP contribution in [0.4, 0.5) is 0 Å². The first-order valence-electron chi connectivity index (χ1n) is 8.55. The molecule has 2 aromatic carbocycles. The molecular weight excluding hydrogens is 336 g/mol. The number of ether oxygens (including phenoxy) is 4. The highest BCUT2D eigenvalue weighted by molar-refractivity contribution is 7.99. The van der Waals surface area contributed by atoms with Crippen LogP contribution in [-0.4, -0.2) is 38.6 Å². The summed E-state index contributed by atoms with van der Waals surface area (Å²) in [6.45, 7) is 7.07. The highest BCUT2D eigenvalue weighted by Gasteiger charge is 2.24. The van der Waals surface area contributed by atoms with Crippen molar-refractivity contribution < 1.29 is 18.9 Å². The minimum absolute atomic E-state index is 0.281. The highest BCUT2D eigenvalue weighted by Crippen LogP contribution is 2.34. The Balaban J connectivity index is 1.38. The monoisotopic (exact) mass is 358 g/mol. The lowest BCUT2D eigenvalue weighted by atomic mass is 10.2. The molecule has 0 amide bonds. The summed E-state index contributed by atoms with van der Waals surface area (Å²) < 4.78 is 21.9. The quantitative estimate of drug-likeness (QED) is 0.667. The van der Waals surface area contributed by atoms with Gasteiger partial charge in [0.25, 0.3) is 0 Å². The summed E-state index contributed by atoms with van der Waals surface area (Å²) in [5, 5.41) is 0. The van der Waals surface area contributed by atoms with Crippen molar-refractivity contribution in [3.63, 3.8) is 0 Å². The van der Waals surface area contributed by atoms with Crippen molar-refractivity contribution in [2.45, 2.75) is 35.8 Å². The summed E-state index contributed by atoms with van der Waals surface area (Å²) in [7, 11) is 0. The summed E-state index contributed by atoms with van der Waals surface area (Å²) in [6, 6.07) is 12.6. The van der Waals surface area contributed by atoms with E-state index >= 15 is 0 Å². The lowest BCUT2D eigenvalue weighted by Gasteiger charge is -2.11. The maximum atomic E-state index is 5.79. The van der Waals surface area contributed by atoms with Gasteiger partial charge in [0.15, 0.2) is 0 Å². The van der Waals surface area contributed by atoms with Crippen LogP contribution in [0, 0.1) is 13.8 Å².